The number of morpholine rings is 1. The molecule has 1 N–H and O–H groups in total. The molecule has 1 aromatic heterocycles. The zero-order valence-electron chi connectivity index (χ0n) is 14.9. The second-order valence-electron chi connectivity index (χ2n) is 6.40. The van der Waals surface area contributed by atoms with Crippen LogP contribution in [-0.2, 0) is 4.74 Å². The van der Waals surface area contributed by atoms with E-state index in [2.05, 4.69) is 15.3 Å². The Hall–Kier alpha value is -3.06. The maximum absolute atomic E-state index is 13.3. The highest BCUT2D eigenvalue weighted by atomic mass is 19.1. The van der Waals surface area contributed by atoms with Gasteiger partial charge in [-0.3, -0.25) is 4.79 Å². The molecular weight excluding hydrogens is 347 g/mol. The van der Waals surface area contributed by atoms with Gasteiger partial charge in [0.15, 0.2) is 11.5 Å². The van der Waals surface area contributed by atoms with Crippen LogP contribution >= 0.6 is 0 Å². The second-order valence-corrected chi connectivity index (χ2v) is 6.40. The number of halogens is 1. The van der Waals surface area contributed by atoms with Crippen LogP contribution in [0.3, 0.4) is 0 Å². The van der Waals surface area contributed by atoms with Crippen LogP contribution in [0, 0.1) is 12.7 Å². The first-order valence-electron chi connectivity index (χ1n) is 8.79. The van der Waals surface area contributed by atoms with E-state index in [1.165, 1.54) is 12.1 Å². The number of carbonyl (C=O) groups excluding carboxylic acids is 1. The first-order valence-corrected chi connectivity index (χ1v) is 8.79. The maximum atomic E-state index is 13.3. The van der Waals surface area contributed by atoms with Gasteiger partial charge < -0.3 is 15.0 Å². The summed E-state index contributed by atoms with van der Waals surface area (Å²) in [6.07, 6.45) is 0. The summed E-state index contributed by atoms with van der Waals surface area (Å²) in [6, 6.07) is 11.7. The average Bonchev–Trinajstić information content (AvgIpc) is 2.69. The van der Waals surface area contributed by atoms with Crippen LogP contribution in [0.15, 0.2) is 42.5 Å². The summed E-state index contributed by atoms with van der Waals surface area (Å²) in [6.45, 7) is 4.18. The van der Waals surface area contributed by atoms with Gasteiger partial charge in [0.2, 0.25) is 0 Å². The predicted octanol–water partition coefficient (Wildman–Crippen LogP) is 3.17. The zero-order valence-corrected chi connectivity index (χ0v) is 14.9. The molecule has 1 aliphatic heterocycles. The van der Waals surface area contributed by atoms with Crippen LogP contribution in [0.25, 0.3) is 11.0 Å². The minimum Gasteiger partial charge on any atom is -0.378 e. The van der Waals surface area contributed by atoms with Gasteiger partial charge in [0, 0.05) is 18.8 Å². The van der Waals surface area contributed by atoms with Crippen molar-refractivity contribution < 1.29 is 13.9 Å². The largest absolute Gasteiger partial charge is 0.378 e. The first-order chi connectivity index (χ1) is 13.1. The number of hydrogen-bond donors (Lipinski definition) is 1. The molecule has 27 heavy (non-hydrogen) atoms. The van der Waals surface area contributed by atoms with Crippen molar-refractivity contribution in [2.75, 3.05) is 36.5 Å². The average molecular weight is 366 g/mol. The number of fused-ring (bicyclic) bond motifs is 1. The Bertz CT molecular complexity index is 1000. The number of aromatic nitrogens is 2. The molecule has 2 heterocycles. The van der Waals surface area contributed by atoms with E-state index in [4.69, 9.17) is 4.74 Å². The van der Waals surface area contributed by atoms with Gasteiger partial charge in [0.1, 0.15) is 5.82 Å². The summed E-state index contributed by atoms with van der Waals surface area (Å²) in [7, 11) is 0. The van der Waals surface area contributed by atoms with E-state index >= 15 is 0 Å². The van der Waals surface area contributed by atoms with Crippen LogP contribution in [0.4, 0.5) is 15.9 Å². The van der Waals surface area contributed by atoms with Crippen LogP contribution in [-0.4, -0.2) is 42.2 Å². The third-order valence-electron chi connectivity index (χ3n) is 4.51. The van der Waals surface area contributed by atoms with Crippen LogP contribution in [0.5, 0.6) is 0 Å². The Morgan fingerprint density at radius 2 is 1.81 bits per heavy atom. The molecule has 7 heteroatoms. The lowest BCUT2D eigenvalue weighted by Gasteiger charge is -2.29. The molecule has 0 radical (unpaired) electrons. The lowest BCUT2D eigenvalue weighted by atomic mass is 10.2. The molecule has 1 amide bonds. The molecule has 3 aromatic rings. The van der Waals surface area contributed by atoms with Crippen molar-refractivity contribution in [2.45, 2.75) is 6.92 Å². The number of ether oxygens (including phenoxy) is 1. The quantitative estimate of drug-likeness (QED) is 0.771. The Morgan fingerprint density at radius 3 is 2.52 bits per heavy atom. The third kappa shape index (κ3) is 3.59. The molecule has 0 atom stereocenters. The van der Waals surface area contributed by atoms with Crippen molar-refractivity contribution >= 4 is 28.4 Å². The fraction of sp³-hybridized carbons (Fsp3) is 0.250. The van der Waals surface area contributed by atoms with Crippen molar-refractivity contribution in [1.82, 2.24) is 9.97 Å². The van der Waals surface area contributed by atoms with E-state index in [1.807, 2.05) is 29.2 Å². The molecule has 6 nitrogen and oxygen atoms in total. The summed E-state index contributed by atoms with van der Waals surface area (Å²) in [5.74, 6) is -0.177. The first kappa shape index (κ1) is 17.4. The van der Waals surface area contributed by atoms with Gasteiger partial charge in [-0.2, -0.15) is 0 Å². The topological polar surface area (TPSA) is 67.4 Å². The Morgan fingerprint density at radius 1 is 1.11 bits per heavy atom. The van der Waals surface area contributed by atoms with Crippen LogP contribution < -0.4 is 10.2 Å². The number of anilines is 2. The van der Waals surface area contributed by atoms with E-state index in [1.54, 1.807) is 13.0 Å². The fourth-order valence-corrected chi connectivity index (χ4v) is 3.09. The summed E-state index contributed by atoms with van der Waals surface area (Å²) >= 11 is 0. The standard InChI is InChI=1S/C20H19FN4O2/c1-13-12-14(21)6-7-15(13)24-20(26)18-19(25-8-10-27-11-9-25)23-17-5-3-2-4-16(17)22-18/h2-7,12H,8-11H2,1H3,(H,24,26). The molecule has 2 aromatic carbocycles. The van der Waals surface area contributed by atoms with Gasteiger partial charge in [-0.15, -0.1) is 0 Å². The van der Waals surface area contributed by atoms with E-state index < -0.39 is 0 Å². The number of benzene rings is 2. The number of rotatable bonds is 3. The number of nitrogens with zero attached hydrogens (tertiary/aromatic N) is 3. The zero-order chi connectivity index (χ0) is 18.8. The molecular formula is C20H19FN4O2. The molecule has 0 saturated carbocycles. The number of hydrogen-bond acceptors (Lipinski definition) is 5. The lowest BCUT2D eigenvalue weighted by molar-refractivity contribution is 0.101. The van der Waals surface area contributed by atoms with E-state index in [9.17, 15) is 9.18 Å². The number of aryl methyl sites for hydroxylation is 1. The summed E-state index contributed by atoms with van der Waals surface area (Å²) in [4.78, 5) is 24.3. The molecule has 138 valence electrons. The van der Waals surface area contributed by atoms with Gasteiger partial charge in [-0.1, -0.05) is 12.1 Å². The smallest absolute Gasteiger partial charge is 0.278 e. The van der Waals surface area contributed by atoms with Crippen molar-refractivity contribution in [2.24, 2.45) is 0 Å². The van der Waals surface area contributed by atoms with E-state index in [-0.39, 0.29) is 17.4 Å². The molecule has 1 aliphatic rings. The van der Waals surface area contributed by atoms with Gasteiger partial charge in [0.25, 0.3) is 5.91 Å². The summed E-state index contributed by atoms with van der Waals surface area (Å²) < 4.78 is 18.7. The Labute approximate surface area is 156 Å². The maximum Gasteiger partial charge on any atom is 0.278 e. The molecule has 0 unspecified atom stereocenters. The van der Waals surface area contributed by atoms with Crippen molar-refractivity contribution in [3.63, 3.8) is 0 Å². The Balaban J connectivity index is 1.74. The number of carbonyl (C=O) groups is 1. The van der Waals surface area contributed by atoms with Gasteiger partial charge in [-0.25, -0.2) is 14.4 Å². The lowest BCUT2D eigenvalue weighted by Crippen LogP contribution is -2.38. The molecule has 1 fully saturated rings. The van der Waals surface area contributed by atoms with Crippen molar-refractivity contribution in [3.05, 3.63) is 59.5 Å². The highest BCUT2D eigenvalue weighted by molar-refractivity contribution is 6.07. The van der Waals surface area contributed by atoms with Crippen LogP contribution in [0.1, 0.15) is 16.1 Å². The van der Waals surface area contributed by atoms with Crippen LogP contribution in [0.2, 0.25) is 0 Å². The van der Waals surface area contributed by atoms with Crippen molar-refractivity contribution in [3.8, 4) is 0 Å². The molecule has 0 bridgehead atoms. The molecule has 4 rings (SSSR count). The van der Waals surface area contributed by atoms with E-state index in [0.29, 0.717) is 48.9 Å². The normalized spacial score (nSPS) is 14.4. The van der Waals surface area contributed by atoms with E-state index in [0.717, 1.165) is 5.52 Å². The molecule has 0 spiro atoms. The third-order valence-corrected chi connectivity index (χ3v) is 4.51. The highest BCUT2D eigenvalue weighted by Crippen LogP contribution is 2.24. The van der Waals surface area contributed by atoms with Gasteiger partial charge in [-0.05, 0) is 42.8 Å². The van der Waals surface area contributed by atoms with Crippen molar-refractivity contribution in [1.29, 1.82) is 0 Å². The minimum atomic E-state index is -0.371. The minimum absolute atomic E-state index is 0.249. The highest BCUT2D eigenvalue weighted by Gasteiger charge is 2.23. The Kier molecular flexibility index (Phi) is 4.68. The fourth-order valence-electron chi connectivity index (χ4n) is 3.09. The van der Waals surface area contributed by atoms with Gasteiger partial charge in [0.05, 0.1) is 24.2 Å². The van der Waals surface area contributed by atoms with Gasteiger partial charge >= 0.3 is 0 Å². The summed E-state index contributed by atoms with van der Waals surface area (Å²) in [5.41, 5.74) is 2.82. The summed E-state index contributed by atoms with van der Waals surface area (Å²) in [5, 5.41) is 2.83. The number of amides is 1. The monoisotopic (exact) mass is 366 g/mol. The molecule has 0 aliphatic carbocycles. The number of nitrogens with one attached hydrogen (secondary N) is 1. The number of para-hydroxylation sites is 2. The molecule has 1 saturated heterocycles. The second kappa shape index (κ2) is 7.28. The predicted molar refractivity (Wildman–Crippen MR) is 102 cm³/mol. The SMILES string of the molecule is Cc1cc(F)ccc1NC(=O)c1nc2ccccc2nc1N1CCOCC1.